The van der Waals surface area contributed by atoms with Crippen molar-refractivity contribution >= 4 is 0 Å². The van der Waals surface area contributed by atoms with E-state index in [1.54, 1.807) is 7.11 Å². The molecule has 0 saturated carbocycles. The van der Waals surface area contributed by atoms with Crippen LogP contribution in [0.25, 0.3) is 0 Å². The highest BCUT2D eigenvalue weighted by Gasteiger charge is 2.08. The van der Waals surface area contributed by atoms with E-state index in [-0.39, 0.29) is 6.04 Å². The number of hydrogen-bond donors (Lipinski definition) is 1. The summed E-state index contributed by atoms with van der Waals surface area (Å²) in [5, 5.41) is 0. The third kappa shape index (κ3) is 4.50. The zero-order valence-corrected chi connectivity index (χ0v) is 12.7. The van der Waals surface area contributed by atoms with E-state index in [4.69, 9.17) is 15.2 Å². The smallest absolute Gasteiger partial charge is 0.161 e. The molecule has 1 atom stereocenters. The predicted molar refractivity (Wildman–Crippen MR) is 85.7 cm³/mol. The van der Waals surface area contributed by atoms with Crippen LogP contribution in [0.3, 0.4) is 0 Å². The van der Waals surface area contributed by atoms with E-state index in [1.807, 2.05) is 48.5 Å². The molecule has 0 unspecified atom stereocenters. The molecule has 0 aliphatic heterocycles. The molecule has 0 aliphatic rings. The maximum Gasteiger partial charge on any atom is 0.161 e. The van der Waals surface area contributed by atoms with E-state index in [0.717, 1.165) is 29.9 Å². The van der Waals surface area contributed by atoms with Crippen LogP contribution in [0.2, 0.25) is 0 Å². The van der Waals surface area contributed by atoms with Gasteiger partial charge in [0.2, 0.25) is 0 Å². The maximum absolute atomic E-state index is 6.02. The molecule has 3 nitrogen and oxygen atoms in total. The normalized spacial score (nSPS) is 12.0. The van der Waals surface area contributed by atoms with Gasteiger partial charge in [0.15, 0.2) is 11.5 Å². The molecule has 2 rings (SSSR count). The van der Waals surface area contributed by atoms with Crippen molar-refractivity contribution in [1.82, 2.24) is 0 Å². The molecule has 2 aromatic carbocycles. The summed E-state index contributed by atoms with van der Waals surface area (Å²) in [6, 6.07) is 16.3. The molecule has 2 aromatic rings. The molecule has 0 heterocycles. The lowest BCUT2D eigenvalue weighted by Gasteiger charge is -2.14. The Morgan fingerprint density at radius 3 is 2.43 bits per heavy atom. The Bertz CT molecular complexity index is 554. The molecule has 2 N–H and O–H groups in total. The van der Waals surface area contributed by atoms with Crippen LogP contribution >= 0.6 is 0 Å². The monoisotopic (exact) mass is 285 g/mol. The Morgan fingerprint density at radius 1 is 1.00 bits per heavy atom. The van der Waals surface area contributed by atoms with Crippen molar-refractivity contribution in [3.8, 4) is 11.5 Å². The van der Waals surface area contributed by atoms with Crippen molar-refractivity contribution in [2.75, 3.05) is 7.11 Å². The quantitative estimate of drug-likeness (QED) is 0.846. The number of rotatable bonds is 7. The molecule has 0 saturated heterocycles. The molecule has 21 heavy (non-hydrogen) atoms. The van der Waals surface area contributed by atoms with Crippen molar-refractivity contribution in [3.05, 3.63) is 59.7 Å². The Labute approximate surface area is 126 Å². The van der Waals surface area contributed by atoms with Gasteiger partial charge in [-0.25, -0.2) is 0 Å². The summed E-state index contributed by atoms with van der Waals surface area (Å²) < 4.78 is 11.3. The van der Waals surface area contributed by atoms with Gasteiger partial charge in [-0.05, 0) is 36.1 Å². The number of benzene rings is 2. The third-order valence-corrected chi connectivity index (χ3v) is 3.49. The van der Waals surface area contributed by atoms with Crippen LogP contribution in [-0.4, -0.2) is 13.2 Å². The summed E-state index contributed by atoms with van der Waals surface area (Å²) >= 11 is 0. The van der Waals surface area contributed by atoms with Gasteiger partial charge in [0.1, 0.15) is 6.61 Å². The first-order valence-electron chi connectivity index (χ1n) is 7.32. The molecule has 0 aromatic heterocycles. The van der Waals surface area contributed by atoms with Gasteiger partial charge >= 0.3 is 0 Å². The predicted octanol–water partition coefficient (Wildman–Crippen LogP) is 3.55. The van der Waals surface area contributed by atoms with Crippen LogP contribution in [0, 0.1) is 0 Å². The van der Waals surface area contributed by atoms with Crippen molar-refractivity contribution in [1.29, 1.82) is 0 Å². The van der Waals surface area contributed by atoms with Crippen LogP contribution in [0.5, 0.6) is 11.5 Å². The summed E-state index contributed by atoms with van der Waals surface area (Å²) in [7, 11) is 1.65. The molecule has 3 heteroatoms. The minimum Gasteiger partial charge on any atom is -0.493 e. The van der Waals surface area contributed by atoms with E-state index >= 15 is 0 Å². The lowest BCUT2D eigenvalue weighted by atomic mass is 10.0. The van der Waals surface area contributed by atoms with Crippen LogP contribution in [0.15, 0.2) is 48.5 Å². The highest BCUT2D eigenvalue weighted by molar-refractivity contribution is 5.43. The molecule has 0 spiro atoms. The number of methoxy groups -OCH3 is 1. The Balaban J connectivity index is 2.10. The average molecular weight is 285 g/mol. The van der Waals surface area contributed by atoms with Gasteiger partial charge in [-0.15, -0.1) is 0 Å². The first-order chi connectivity index (χ1) is 10.2. The van der Waals surface area contributed by atoms with Crippen molar-refractivity contribution in [2.24, 2.45) is 5.73 Å². The highest BCUT2D eigenvalue weighted by atomic mass is 16.5. The minimum atomic E-state index is 0.181. The highest BCUT2D eigenvalue weighted by Crippen LogP contribution is 2.29. The molecule has 0 amide bonds. The Kier molecular flexibility index (Phi) is 5.64. The third-order valence-electron chi connectivity index (χ3n) is 3.49. The summed E-state index contributed by atoms with van der Waals surface area (Å²) in [6.07, 6.45) is 1.81. The fraction of sp³-hybridized carbons (Fsp3) is 0.333. The Hall–Kier alpha value is -2.00. The van der Waals surface area contributed by atoms with Crippen molar-refractivity contribution in [3.63, 3.8) is 0 Å². The van der Waals surface area contributed by atoms with E-state index in [1.165, 1.54) is 5.56 Å². The van der Waals surface area contributed by atoms with Gasteiger partial charge in [0.25, 0.3) is 0 Å². The first-order valence-corrected chi connectivity index (χ1v) is 7.32. The summed E-state index contributed by atoms with van der Waals surface area (Å²) in [5.41, 5.74) is 8.33. The summed E-state index contributed by atoms with van der Waals surface area (Å²) in [5.74, 6) is 1.52. The van der Waals surface area contributed by atoms with E-state index < -0.39 is 0 Å². The molecule has 0 radical (unpaired) electrons. The van der Waals surface area contributed by atoms with E-state index in [9.17, 15) is 0 Å². The molecular formula is C18H23NO2. The van der Waals surface area contributed by atoms with Gasteiger partial charge in [0.05, 0.1) is 7.11 Å². The molecule has 0 fully saturated rings. The average Bonchev–Trinajstić information content (AvgIpc) is 2.54. The SMILES string of the molecule is CC[C@@H](N)Cc1ccc(OC)c(OCc2ccccc2)c1. The van der Waals surface area contributed by atoms with Crippen molar-refractivity contribution in [2.45, 2.75) is 32.4 Å². The zero-order valence-electron chi connectivity index (χ0n) is 12.7. The Morgan fingerprint density at radius 2 is 1.76 bits per heavy atom. The first kappa shape index (κ1) is 15.4. The largest absolute Gasteiger partial charge is 0.493 e. The van der Waals surface area contributed by atoms with Gasteiger partial charge in [-0.1, -0.05) is 43.3 Å². The summed E-state index contributed by atoms with van der Waals surface area (Å²) in [4.78, 5) is 0. The van der Waals surface area contributed by atoms with Gasteiger partial charge in [-0.2, -0.15) is 0 Å². The second-order valence-electron chi connectivity index (χ2n) is 5.13. The molecule has 0 bridgehead atoms. The number of hydrogen-bond acceptors (Lipinski definition) is 3. The fourth-order valence-corrected chi connectivity index (χ4v) is 2.14. The minimum absolute atomic E-state index is 0.181. The van der Waals surface area contributed by atoms with E-state index in [0.29, 0.717) is 6.61 Å². The van der Waals surface area contributed by atoms with Crippen LogP contribution in [-0.2, 0) is 13.0 Å². The standard InChI is InChI=1S/C18H23NO2/c1-3-16(19)11-15-9-10-17(20-2)18(12-15)21-13-14-7-5-4-6-8-14/h4-10,12,16H,3,11,13,19H2,1-2H3/t16-/m1/s1. The van der Waals surface area contributed by atoms with Gasteiger partial charge in [-0.3, -0.25) is 0 Å². The second kappa shape index (κ2) is 7.70. The summed E-state index contributed by atoms with van der Waals surface area (Å²) in [6.45, 7) is 2.63. The molecular weight excluding hydrogens is 262 g/mol. The van der Waals surface area contributed by atoms with Crippen LogP contribution in [0.4, 0.5) is 0 Å². The van der Waals surface area contributed by atoms with Gasteiger partial charge < -0.3 is 15.2 Å². The zero-order chi connectivity index (χ0) is 15.1. The van der Waals surface area contributed by atoms with Gasteiger partial charge in [0, 0.05) is 6.04 Å². The second-order valence-corrected chi connectivity index (χ2v) is 5.13. The van der Waals surface area contributed by atoms with Crippen molar-refractivity contribution < 1.29 is 9.47 Å². The van der Waals surface area contributed by atoms with E-state index in [2.05, 4.69) is 6.92 Å². The lowest BCUT2D eigenvalue weighted by molar-refractivity contribution is 0.284. The number of nitrogens with two attached hydrogens (primary N) is 1. The number of ether oxygens (including phenoxy) is 2. The molecule has 112 valence electrons. The van der Waals surface area contributed by atoms with Crippen LogP contribution < -0.4 is 15.2 Å². The fourth-order valence-electron chi connectivity index (χ4n) is 2.14. The molecule has 0 aliphatic carbocycles. The van der Waals surface area contributed by atoms with Crippen LogP contribution in [0.1, 0.15) is 24.5 Å². The topological polar surface area (TPSA) is 44.5 Å². The maximum atomic E-state index is 6.02. The lowest BCUT2D eigenvalue weighted by Crippen LogP contribution is -2.21.